The maximum atomic E-state index is 14.8. The zero-order valence-electron chi connectivity index (χ0n) is 35.7. The molecule has 1 aliphatic carbocycles. The molecule has 20 heteroatoms. The lowest BCUT2D eigenvalue weighted by Gasteiger charge is -2.32. The molecule has 0 unspecified atom stereocenters. The number of hydrogen-bond acceptors (Lipinski definition) is 10. The number of carboxylic acid groups (broad SMARTS) is 4. The Kier molecular flexibility index (Phi) is 20.9. The molecule has 0 saturated heterocycles. The molecular formula is C44H58N6O14. The minimum Gasteiger partial charge on any atom is -0.481 e. The molecule has 6 atom stereocenters. The molecule has 0 aliphatic heterocycles. The first-order valence-electron chi connectivity index (χ1n) is 21.2. The molecular weight excluding hydrogens is 837 g/mol. The lowest BCUT2D eigenvalue weighted by Crippen LogP contribution is -2.60. The van der Waals surface area contributed by atoms with Gasteiger partial charge in [0.15, 0.2) is 0 Å². The number of aliphatic carboxylic acids is 4. The molecule has 2 aromatic rings. The lowest BCUT2D eigenvalue weighted by molar-refractivity contribution is -0.142. The summed E-state index contributed by atoms with van der Waals surface area (Å²) in [5.41, 5.74) is 0.930. The van der Waals surface area contributed by atoms with Crippen LogP contribution in [0.3, 0.4) is 0 Å². The van der Waals surface area contributed by atoms with E-state index in [9.17, 15) is 68.4 Å². The van der Waals surface area contributed by atoms with Gasteiger partial charge in [-0.3, -0.25) is 43.2 Å². The highest BCUT2D eigenvalue weighted by Gasteiger charge is 2.38. The number of carboxylic acids is 4. The Bertz CT molecular complexity index is 1900. The average Bonchev–Trinajstić information content (AvgIpc) is 3.25. The second-order valence-electron chi connectivity index (χ2n) is 15.7. The highest BCUT2D eigenvalue weighted by molar-refractivity contribution is 5.98. The fourth-order valence-electron chi connectivity index (χ4n) is 7.56. The predicted molar refractivity (Wildman–Crippen MR) is 227 cm³/mol. The van der Waals surface area contributed by atoms with Crippen molar-refractivity contribution in [3.63, 3.8) is 0 Å². The van der Waals surface area contributed by atoms with Crippen molar-refractivity contribution in [3.05, 3.63) is 71.8 Å². The van der Waals surface area contributed by atoms with Crippen molar-refractivity contribution in [2.24, 2.45) is 5.92 Å². The molecule has 20 nitrogen and oxygen atoms in total. The van der Waals surface area contributed by atoms with Crippen molar-refractivity contribution in [2.75, 3.05) is 0 Å². The van der Waals surface area contributed by atoms with Crippen molar-refractivity contribution >= 4 is 59.3 Å². The van der Waals surface area contributed by atoms with Gasteiger partial charge in [-0.05, 0) is 42.7 Å². The molecule has 10 N–H and O–H groups in total. The largest absolute Gasteiger partial charge is 0.481 e. The fraction of sp³-hybridized carbons (Fsp3) is 0.500. The number of hydrogen-bond donors (Lipinski definition) is 10. The van der Waals surface area contributed by atoms with Gasteiger partial charge >= 0.3 is 23.9 Å². The Labute approximate surface area is 369 Å². The summed E-state index contributed by atoms with van der Waals surface area (Å²) in [7, 11) is 0. The van der Waals surface area contributed by atoms with Crippen molar-refractivity contribution in [2.45, 2.75) is 133 Å². The van der Waals surface area contributed by atoms with E-state index in [1.165, 1.54) is 0 Å². The first kappa shape index (κ1) is 51.5. The summed E-state index contributed by atoms with van der Waals surface area (Å²) in [5, 5.41) is 52.9. The maximum Gasteiger partial charge on any atom is 0.326 e. The van der Waals surface area contributed by atoms with Gasteiger partial charge in [-0.2, -0.15) is 0 Å². The highest BCUT2D eigenvalue weighted by Crippen LogP contribution is 2.30. The topological polar surface area (TPSA) is 324 Å². The van der Waals surface area contributed by atoms with Crippen LogP contribution in [0, 0.1) is 5.92 Å². The van der Waals surface area contributed by atoms with Gasteiger partial charge < -0.3 is 52.3 Å². The van der Waals surface area contributed by atoms with Gasteiger partial charge in [-0.25, -0.2) is 4.79 Å². The monoisotopic (exact) mass is 894 g/mol. The molecule has 1 fully saturated rings. The third-order valence-corrected chi connectivity index (χ3v) is 10.8. The van der Waals surface area contributed by atoms with E-state index in [2.05, 4.69) is 31.9 Å². The Morgan fingerprint density at radius 3 is 1.42 bits per heavy atom. The van der Waals surface area contributed by atoms with Crippen LogP contribution in [-0.4, -0.2) is 116 Å². The average molecular weight is 895 g/mol. The molecule has 348 valence electrons. The summed E-state index contributed by atoms with van der Waals surface area (Å²) < 4.78 is 0. The summed E-state index contributed by atoms with van der Waals surface area (Å²) in [6, 6.07) is 7.40. The van der Waals surface area contributed by atoms with Crippen molar-refractivity contribution in [1.82, 2.24) is 31.9 Å². The molecule has 0 spiro atoms. The maximum absolute atomic E-state index is 14.8. The first-order valence-corrected chi connectivity index (χ1v) is 21.2. The normalized spacial score (nSPS) is 15.4. The summed E-state index contributed by atoms with van der Waals surface area (Å²) >= 11 is 0. The van der Waals surface area contributed by atoms with Gasteiger partial charge in [0.2, 0.25) is 35.4 Å². The van der Waals surface area contributed by atoms with Crippen LogP contribution in [0.4, 0.5) is 0 Å². The zero-order chi connectivity index (χ0) is 47.3. The van der Waals surface area contributed by atoms with Crippen LogP contribution in [0.5, 0.6) is 0 Å². The molecule has 2 aromatic carbocycles. The van der Waals surface area contributed by atoms with Crippen LogP contribution in [0.15, 0.2) is 60.7 Å². The molecule has 0 heterocycles. The number of rotatable bonds is 26. The van der Waals surface area contributed by atoms with Crippen LogP contribution in [-0.2, 0) is 47.9 Å². The third kappa shape index (κ3) is 17.1. The molecule has 0 aromatic heterocycles. The number of carbonyl (C=O) groups excluding carboxylic acids is 6. The number of benzene rings is 2. The van der Waals surface area contributed by atoms with E-state index in [1.807, 2.05) is 0 Å². The van der Waals surface area contributed by atoms with Gasteiger partial charge in [0.25, 0.3) is 0 Å². The fourth-order valence-corrected chi connectivity index (χ4v) is 7.56. The lowest BCUT2D eigenvalue weighted by atomic mass is 9.84. The van der Waals surface area contributed by atoms with E-state index in [1.54, 1.807) is 67.6 Å². The summed E-state index contributed by atoms with van der Waals surface area (Å²) in [6.07, 6.45) is 1.15. The van der Waals surface area contributed by atoms with Gasteiger partial charge in [-0.15, -0.1) is 0 Å². The van der Waals surface area contributed by atoms with E-state index in [4.69, 9.17) is 0 Å². The highest BCUT2D eigenvalue weighted by atomic mass is 16.4. The first-order chi connectivity index (χ1) is 30.4. The molecule has 3 rings (SSSR count). The third-order valence-electron chi connectivity index (χ3n) is 10.8. The molecule has 0 radical (unpaired) electrons. The number of carbonyl (C=O) groups is 10. The molecule has 64 heavy (non-hydrogen) atoms. The van der Waals surface area contributed by atoms with E-state index >= 15 is 0 Å². The second-order valence-corrected chi connectivity index (χ2v) is 15.7. The van der Waals surface area contributed by atoms with Crippen LogP contribution in [0.25, 0.3) is 0 Å². The summed E-state index contributed by atoms with van der Waals surface area (Å²) in [4.78, 5) is 129. The Hall–Kier alpha value is -6.86. The number of amides is 6. The van der Waals surface area contributed by atoms with E-state index < -0.39 is 134 Å². The molecule has 1 aliphatic rings. The van der Waals surface area contributed by atoms with Crippen molar-refractivity contribution < 1.29 is 68.4 Å². The quantitative estimate of drug-likeness (QED) is 0.0639. The summed E-state index contributed by atoms with van der Waals surface area (Å²) in [6.45, 7) is 2.59. The molecule has 0 bridgehead atoms. The smallest absolute Gasteiger partial charge is 0.326 e. The summed E-state index contributed by atoms with van der Waals surface area (Å²) in [5.74, 6) is -12.3. The Morgan fingerprint density at radius 1 is 0.531 bits per heavy atom. The molecule has 6 amide bonds. The van der Waals surface area contributed by atoms with E-state index in [0.29, 0.717) is 11.1 Å². The van der Waals surface area contributed by atoms with E-state index in [-0.39, 0.29) is 18.8 Å². The van der Waals surface area contributed by atoms with Gasteiger partial charge in [0.1, 0.15) is 36.3 Å². The predicted octanol–water partition coefficient (Wildman–Crippen LogP) is 1.42. The SMILES string of the molecule is CC[C@H](NC(=O)[C@H](CC1CCCCC1)NC(=O)[C@H](CCC(=O)O)NC(=O)[C@@H](NC(=O)[C@H](CCC(=O)O)NC(=O)[C@H](CC(=O)O)NC(C)=O)C(c1ccccc1)c1ccccc1)C(=O)O. The zero-order valence-corrected chi connectivity index (χ0v) is 35.7. The van der Waals surface area contributed by atoms with Crippen LogP contribution < -0.4 is 31.9 Å². The van der Waals surface area contributed by atoms with Crippen molar-refractivity contribution in [3.8, 4) is 0 Å². The van der Waals surface area contributed by atoms with Gasteiger partial charge in [0, 0.05) is 25.7 Å². The Morgan fingerprint density at radius 2 is 0.969 bits per heavy atom. The van der Waals surface area contributed by atoms with Crippen LogP contribution in [0.1, 0.15) is 108 Å². The molecule has 1 saturated carbocycles. The minimum atomic E-state index is -1.72. The van der Waals surface area contributed by atoms with E-state index in [0.717, 1.165) is 39.0 Å². The van der Waals surface area contributed by atoms with Crippen LogP contribution in [0.2, 0.25) is 0 Å². The van der Waals surface area contributed by atoms with Crippen molar-refractivity contribution in [1.29, 1.82) is 0 Å². The van der Waals surface area contributed by atoms with Gasteiger partial charge in [0.05, 0.1) is 6.42 Å². The number of nitrogens with one attached hydrogen (secondary N) is 6. The Balaban J connectivity index is 2.10. The minimum absolute atomic E-state index is 0.00826. The van der Waals surface area contributed by atoms with Gasteiger partial charge in [-0.1, -0.05) is 99.7 Å². The standard InChI is InChI=1S/C44H58N6O14/c1-3-29(44(63)64)46-41(60)32(23-26-13-7-4-8-14-26)49-39(58)30(19-21-34(52)53)48-43(62)38(37(27-15-9-5-10-16-27)28-17-11-6-12-18-28)50-40(59)31(20-22-35(54)55)47-42(61)33(24-36(56)57)45-25(2)51/h5-6,9-12,15-18,26,29-33,37-38H,3-4,7-8,13-14,19-24H2,1-2H3,(H,45,51)(H,46,60)(H,47,61)(H,48,62)(H,49,58)(H,50,59)(H,52,53)(H,54,55)(H,56,57)(H,63,64)/t29-,30-,31-,32-,33-,38-/m0/s1. The second kappa shape index (κ2) is 25.9. The van der Waals surface area contributed by atoms with Crippen LogP contribution >= 0.6 is 0 Å².